The van der Waals surface area contributed by atoms with Crippen molar-refractivity contribution in [3.05, 3.63) is 226 Å². The Bertz CT molecular complexity index is 3420. The van der Waals surface area contributed by atoms with Gasteiger partial charge in [-0.15, -0.1) is 0 Å². The van der Waals surface area contributed by atoms with Crippen molar-refractivity contribution in [2.45, 2.75) is 56.0 Å². The second kappa shape index (κ2) is 22.2. The molecular formula is C57H31BF24N2O. The molecule has 28 heteroatoms. The molecule has 0 saturated heterocycles. The molecular weight excluding hydrogens is 1200 g/mol. The first-order chi connectivity index (χ1) is 39.1. The van der Waals surface area contributed by atoms with Gasteiger partial charge in [-0.25, -0.2) is 4.98 Å². The molecule has 0 spiro atoms. The van der Waals surface area contributed by atoms with Gasteiger partial charge in [0.05, 0.1) is 50.7 Å². The van der Waals surface area contributed by atoms with E-state index in [1.807, 2.05) is 24.4 Å². The first-order valence-corrected chi connectivity index (χ1v) is 24.0. The minimum absolute atomic E-state index is 0.691. The average molecular weight is 1230 g/mol. The average Bonchev–Trinajstić information content (AvgIpc) is 0.809. The third kappa shape index (κ3) is 13.7. The Hall–Kier alpha value is -8.46. The third-order valence-electron chi connectivity index (χ3n) is 13.4. The van der Waals surface area contributed by atoms with Crippen molar-refractivity contribution in [3.8, 4) is 11.6 Å². The zero-order valence-corrected chi connectivity index (χ0v) is 41.9. The lowest BCUT2D eigenvalue weighted by atomic mass is 9.12. The Balaban J connectivity index is 0.000000276. The number of alkyl halides is 24. The summed E-state index contributed by atoms with van der Waals surface area (Å²) in [4.78, 5) is 4.30. The molecule has 8 aromatic carbocycles. The number of hydrogen-bond acceptors (Lipinski definition) is 2. The van der Waals surface area contributed by atoms with Gasteiger partial charge in [0.15, 0.2) is 12.7 Å². The quantitative estimate of drug-likeness (QED) is 0.0656. The standard InChI is InChI=1S/C32H12BF24.C25H19N2O/c34-25(35,36)13-1-14(26(37,38)39)6-21(5-13)33(22-7-15(27(40,41)42)2-16(8-22)28(43,44)45,23-9-17(29(46,47)48)3-18(10-23)30(49,50)51)24-11-19(31(52,53)54)4-20(12-24)32(55,56)57;1-2-8-19(9-3-1)18-27-15-14-26-17-24(27)28-25-22-12-6-4-10-20(22)16-21-11-5-7-13-23(21)25/h1-12H;1-17H,18H2/q-1;+1. The van der Waals surface area contributed by atoms with E-state index in [2.05, 4.69) is 76.3 Å². The predicted octanol–water partition coefficient (Wildman–Crippen LogP) is 16.7. The molecule has 9 aromatic rings. The molecule has 1 heterocycles. The van der Waals surface area contributed by atoms with Crippen LogP contribution in [0.5, 0.6) is 11.6 Å². The fourth-order valence-corrected chi connectivity index (χ4v) is 9.63. The van der Waals surface area contributed by atoms with E-state index in [0.29, 0.717) is 5.88 Å². The zero-order chi connectivity index (χ0) is 62.7. The molecule has 3 nitrogen and oxygen atoms in total. The fraction of sp³-hybridized carbons (Fsp3) is 0.158. The second-order valence-corrected chi connectivity index (χ2v) is 19.0. The first kappa shape index (κ1) is 62.6. The van der Waals surface area contributed by atoms with E-state index in [9.17, 15) is 105 Å². The van der Waals surface area contributed by atoms with Gasteiger partial charge in [-0.3, -0.25) is 0 Å². The molecule has 446 valence electrons. The van der Waals surface area contributed by atoms with Crippen LogP contribution in [0.15, 0.2) is 176 Å². The van der Waals surface area contributed by atoms with Gasteiger partial charge in [-0.1, -0.05) is 127 Å². The van der Waals surface area contributed by atoms with Gasteiger partial charge in [0.2, 0.25) is 0 Å². The minimum atomic E-state index is -6.13. The van der Waals surface area contributed by atoms with E-state index in [4.69, 9.17) is 4.74 Å². The maximum Gasteiger partial charge on any atom is 0.416 e. The van der Waals surface area contributed by atoms with Gasteiger partial charge in [0.25, 0.3) is 0 Å². The lowest BCUT2D eigenvalue weighted by Gasteiger charge is -2.46. The van der Waals surface area contributed by atoms with E-state index in [1.165, 1.54) is 5.56 Å². The number of benzene rings is 8. The van der Waals surface area contributed by atoms with Crippen molar-refractivity contribution in [1.29, 1.82) is 0 Å². The van der Waals surface area contributed by atoms with Crippen LogP contribution in [0.2, 0.25) is 0 Å². The smallest absolute Gasteiger partial charge is 0.403 e. The van der Waals surface area contributed by atoms with Crippen LogP contribution in [0.25, 0.3) is 21.5 Å². The topological polar surface area (TPSA) is 26.0 Å². The summed E-state index contributed by atoms with van der Waals surface area (Å²) in [6.07, 6.45) is -49.3. The molecule has 0 aliphatic rings. The van der Waals surface area contributed by atoms with Crippen LogP contribution in [-0.4, -0.2) is 11.1 Å². The number of fused-ring (bicyclic) bond motifs is 2. The highest BCUT2D eigenvalue weighted by molar-refractivity contribution is 7.20. The van der Waals surface area contributed by atoms with Crippen molar-refractivity contribution in [1.82, 2.24) is 4.98 Å². The maximum absolute atomic E-state index is 14.2. The summed E-state index contributed by atoms with van der Waals surface area (Å²) in [6, 6.07) is 20.4. The molecule has 0 saturated carbocycles. The molecule has 0 radical (unpaired) electrons. The van der Waals surface area contributed by atoms with E-state index in [1.54, 1.807) is 12.4 Å². The van der Waals surface area contributed by atoms with Crippen molar-refractivity contribution in [3.63, 3.8) is 0 Å². The van der Waals surface area contributed by atoms with Crippen LogP contribution >= 0.6 is 0 Å². The Kier molecular flexibility index (Phi) is 16.3. The van der Waals surface area contributed by atoms with Crippen LogP contribution in [0.3, 0.4) is 0 Å². The summed E-state index contributed by atoms with van der Waals surface area (Å²) >= 11 is 0. The van der Waals surface area contributed by atoms with Crippen LogP contribution < -0.4 is 31.2 Å². The van der Waals surface area contributed by atoms with Crippen molar-refractivity contribution in [2.75, 3.05) is 0 Å². The fourth-order valence-electron chi connectivity index (χ4n) is 9.63. The SMILES string of the molecule is FC(F)(F)c1cc([B-](c2cc(C(F)(F)F)cc(C(F)(F)F)c2)(c2cc(C(F)(F)F)cc(C(F)(F)F)c2)c2cc(C(F)(F)F)cc(C(F)(F)F)c2)cc(C(F)(F)F)c1.c1ccc(C[n+]2ccncc2Oc2c3ccccc3cc3ccccc23)cc1. The zero-order valence-electron chi connectivity index (χ0n) is 41.9. The molecule has 0 atom stereocenters. The lowest BCUT2D eigenvalue weighted by molar-refractivity contribution is -0.692. The van der Waals surface area contributed by atoms with Crippen LogP contribution in [0, 0.1) is 0 Å². The molecule has 0 N–H and O–H groups in total. The molecule has 0 aliphatic carbocycles. The molecule has 9 rings (SSSR count). The van der Waals surface area contributed by atoms with E-state index < -0.39 is 195 Å². The monoisotopic (exact) mass is 1230 g/mol. The van der Waals surface area contributed by atoms with Crippen molar-refractivity contribution >= 4 is 49.5 Å². The van der Waals surface area contributed by atoms with Crippen molar-refractivity contribution in [2.24, 2.45) is 0 Å². The predicted molar refractivity (Wildman–Crippen MR) is 262 cm³/mol. The lowest BCUT2D eigenvalue weighted by Crippen LogP contribution is -2.75. The first-order valence-electron chi connectivity index (χ1n) is 24.0. The number of hydrogen-bond donors (Lipinski definition) is 0. The van der Waals surface area contributed by atoms with Gasteiger partial charge in [-0.05, 0) is 41.1 Å². The second-order valence-electron chi connectivity index (χ2n) is 19.0. The summed E-state index contributed by atoms with van der Waals surface area (Å²) < 4.78 is 349. The summed E-state index contributed by atoms with van der Waals surface area (Å²) in [5.41, 5.74) is -29.0. The number of nitrogens with zero attached hydrogens (tertiary/aromatic N) is 2. The van der Waals surface area contributed by atoms with Crippen LogP contribution in [0.4, 0.5) is 105 Å². The molecule has 85 heavy (non-hydrogen) atoms. The molecule has 1 aromatic heterocycles. The van der Waals surface area contributed by atoms with E-state index in [0.717, 1.165) is 33.8 Å². The summed E-state index contributed by atoms with van der Waals surface area (Å²) in [6.45, 7) is 0.724. The van der Waals surface area contributed by atoms with Gasteiger partial charge < -0.3 is 4.74 Å². The summed E-state index contributed by atoms with van der Waals surface area (Å²) in [7, 11) is 0. The highest BCUT2D eigenvalue weighted by Crippen LogP contribution is 2.42. The number of halogens is 24. The van der Waals surface area contributed by atoms with Crippen LogP contribution in [-0.2, 0) is 56.0 Å². The highest BCUT2D eigenvalue weighted by atomic mass is 19.4. The Morgan fingerprint density at radius 2 is 0.624 bits per heavy atom. The Labute approximate surface area is 462 Å². The Morgan fingerprint density at radius 1 is 0.341 bits per heavy atom. The van der Waals surface area contributed by atoms with Gasteiger partial charge >= 0.3 is 55.3 Å². The Morgan fingerprint density at radius 3 is 0.918 bits per heavy atom. The third-order valence-corrected chi connectivity index (χ3v) is 13.4. The number of ether oxygens (including phenoxy) is 1. The minimum Gasteiger partial charge on any atom is -0.403 e. The summed E-state index contributed by atoms with van der Waals surface area (Å²) in [5.74, 6) is 1.58. The van der Waals surface area contributed by atoms with Gasteiger partial charge in [0.1, 0.15) is 18.1 Å². The molecule has 0 amide bonds. The molecule has 0 aliphatic heterocycles. The molecule has 0 fully saturated rings. The number of rotatable bonds is 8. The number of aromatic nitrogens is 2. The van der Waals surface area contributed by atoms with E-state index >= 15 is 0 Å². The largest absolute Gasteiger partial charge is 0.416 e. The van der Waals surface area contributed by atoms with Gasteiger partial charge in [-0.2, -0.15) is 132 Å². The van der Waals surface area contributed by atoms with Crippen LogP contribution in [0.1, 0.15) is 50.1 Å². The highest BCUT2D eigenvalue weighted by Gasteiger charge is 2.47. The molecule has 0 unspecified atom stereocenters. The molecule has 0 bridgehead atoms. The van der Waals surface area contributed by atoms with Gasteiger partial charge in [0, 0.05) is 16.3 Å². The normalized spacial score (nSPS) is 13.2. The maximum atomic E-state index is 14.2. The van der Waals surface area contributed by atoms with E-state index in [-0.39, 0.29) is 0 Å². The summed E-state index contributed by atoms with van der Waals surface area (Å²) in [5, 5.41) is 4.51. The van der Waals surface area contributed by atoms with Crippen molar-refractivity contribution < 1.29 is 115 Å².